The number of alkyl carbamates (subject to hydrolysis) is 1. The van der Waals surface area contributed by atoms with Gasteiger partial charge in [0.2, 0.25) is 5.91 Å². The second-order valence-corrected chi connectivity index (χ2v) is 16.1. The van der Waals surface area contributed by atoms with Gasteiger partial charge in [-0.3, -0.25) is 14.4 Å². The van der Waals surface area contributed by atoms with E-state index >= 15 is 0 Å². The average molecular weight is 714 g/mol. The van der Waals surface area contributed by atoms with Gasteiger partial charge in [0, 0.05) is 43.6 Å². The lowest BCUT2D eigenvalue weighted by Gasteiger charge is -2.55. The summed E-state index contributed by atoms with van der Waals surface area (Å²) in [5, 5.41) is 16.5. The fourth-order valence-corrected chi connectivity index (χ4v) is 8.95. The number of hydrogen-bond donors (Lipinski definition) is 2. The van der Waals surface area contributed by atoms with Crippen molar-refractivity contribution in [1.82, 2.24) is 20.1 Å². The first-order chi connectivity index (χ1) is 25.1. The van der Waals surface area contributed by atoms with Gasteiger partial charge in [0.1, 0.15) is 17.7 Å². The molecule has 1 aromatic carbocycles. The summed E-state index contributed by atoms with van der Waals surface area (Å²) in [7, 11) is 1.73. The molecule has 3 aromatic rings. The number of aliphatic hydroxyl groups excluding tert-OH is 1. The number of amides is 2. The topological polar surface area (TPSA) is 119 Å². The van der Waals surface area contributed by atoms with Gasteiger partial charge in [-0.2, -0.15) is 5.10 Å². The lowest BCUT2D eigenvalue weighted by molar-refractivity contribution is -0.124. The molecule has 4 aliphatic rings. The Morgan fingerprint density at radius 3 is 2.37 bits per heavy atom. The molecule has 0 saturated heterocycles. The number of ether oxygens (including phenoxy) is 2. The molecule has 2 aromatic heterocycles. The van der Waals surface area contributed by atoms with E-state index in [0.717, 1.165) is 68.2 Å². The molecule has 2 bridgehead atoms. The monoisotopic (exact) mass is 713 g/mol. The molecule has 0 aliphatic heterocycles. The van der Waals surface area contributed by atoms with Crippen molar-refractivity contribution in [2.75, 3.05) is 31.7 Å². The Morgan fingerprint density at radius 2 is 1.73 bits per heavy atom. The molecular formula is C42H59N5O5. The highest BCUT2D eigenvalue weighted by molar-refractivity contribution is 5.95. The van der Waals surface area contributed by atoms with Crippen LogP contribution >= 0.6 is 0 Å². The Hall–Kier alpha value is -3.92. The summed E-state index contributed by atoms with van der Waals surface area (Å²) in [6.07, 6.45) is 16.9. The number of nitrogens with one attached hydrogen (secondary N) is 1. The molecule has 4 aliphatic carbocycles. The SMILES string of the molecule is CCC(C)(CC)n1cc(-c2ccnc(N(CC34CCC(c5ccc(OC)c(C)c5)(CC3)CC4)C(=O)C3CCC(OC(=O)NCCCO)CC3)c2)cn1. The Bertz CT molecular complexity index is 1670. The van der Waals surface area contributed by atoms with Crippen molar-refractivity contribution in [3.8, 4) is 16.9 Å². The smallest absolute Gasteiger partial charge is 0.407 e. The number of methoxy groups -OCH3 is 1. The van der Waals surface area contributed by atoms with Crippen LogP contribution in [-0.4, -0.2) is 64.8 Å². The van der Waals surface area contributed by atoms with Crippen LogP contribution in [0.1, 0.15) is 115 Å². The van der Waals surface area contributed by atoms with Gasteiger partial charge in [-0.15, -0.1) is 0 Å². The third-order valence-electron chi connectivity index (χ3n) is 13.1. The molecule has 52 heavy (non-hydrogen) atoms. The number of fused-ring (bicyclic) bond motifs is 3. The average Bonchev–Trinajstić information content (AvgIpc) is 3.69. The molecule has 0 unspecified atom stereocenters. The number of aryl methyl sites for hydroxylation is 1. The number of nitrogens with zero attached hydrogens (tertiary/aromatic N) is 4. The van der Waals surface area contributed by atoms with E-state index in [0.29, 0.717) is 51.0 Å². The third-order valence-corrected chi connectivity index (χ3v) is 13.1. The quantitative estimate of drug-likeness (QED) is 0.162. The van der Waals surface area contributed by atoms with E-state index in [4.69, 9.17) is 24.7 Å². The van der Waals surface area contributed by atoms with Crippen molar-refractivity contribution in [1.29, 1.82) is 0 Å². The van der Waals surface area contributed by atoms with Gasteiger partial charge in [-0.05, 0) is 143 Å². The van der Waals surface area contributed by atoms with Gasteiger partial charge in [0.15, 0.2) is 0 Å². The zero-order chi connectivity index (χ0) is 36.9. The van der Waals surface area contributed by atoms with Crippen LogP contribution in [0.5, 0.6) is 5.75 Å². The molecule has 2 amide bonds. The van der Waals surface area contributed by atoms with Gasteiger partial charge >= 0.3 is 6.09 Å². The van der Waals surface area contributed by atoms with E-state index in [1.54, 1.807) is 7.11 Å². The molecule has 7 rings (SSSR count). The molecule has 2 heterocycles. The van der Waals surface area contributed by atoms with Crippen molar-refractivity contribution in [2.45, 2.75) is 128 Å². The number of pyridine rings is 1. The number of aromatic nitrogens is 3. The second kappa shape index (κ2) is 16.0. The molecule has 0 atom stereocenters. The molecule has 10 nitrogen and oxygen atoms in total. The third kappa shape index (κ3) is 7.87. The van der Waals surface area contributed by atoms with Gasteiger partial charge in [0.25, 0.3) is 0 Å². The minimum absolute atomic E-state index is 0.0209. The van der Waals surface area contributed by atoms with E-state index < -0.39 is 6.09 Å². The number of hydrogen-bond acceptors (Lipinski definition) is 7. The Labute approximate surface area is 309 Å². The molecular weight excluding hydrogens is 654 g/mol. The highest BCUT2D eigenvalue weighted by Crippen LogP contribution is 2.58. The van der Waals surface area contributed by atoms with E-state index in [1.807, 2.05) is 23.4 Å². The molecule has 0 spiro atoms. The normalized spacial score (nSPS) is 24.3. The fourth-order valence-electron chi connectivity index (χ4n) is 8.95. The molecule has 282 valence electrons. The fraction of sp³-hybridized carbons (Fsp3) is 0.619. The van der Waals surface area contributed by atoms with E-state index in [2.05, 4.69) is 68.2 Å². The van der Waals surface area contributed by atoms with E-state index in [9.17, 15) is 9.59 Å². The summed E-state index contributed by atoms with van der Waals surface area (Å²) >= 11 is 0. The Balaban J connectivity index is 1.22. The highest BCUT2D eigenvalue weighted by Gasteiger charge is 2.51. The number of carbonyl (C=O) groups is 2. The zero-order valence-electron chi connectivity index (χ0n) is 32.0. The molecule has 0 radical (unpaired) electrons. The summed E-state index contributed by atoms with van der Waals surface area (Å²) in [6.45, 7) is 9.83. The summed E-state index contributed by atoms with van der Waals surface area (Å²) < 4.78 is 13.3. The predicted molar refractivity (Wildman–Crippen MR) is 204 cm³/mol. The highest BCUT2D eigenvalue weighted by atomic mass is 16.6. The van der Waals surface area contributed by atoms with Crippen LogP contribution in [0.15, 0.2) is 48.9 Å². The summed E-state index contributed by atoms with van der Waals surface area (Å²) in [5.74, 6) is 1.60. The van der Waals surface area contributed by atoms with Crippen molar-refractivity contribution < 1.29 is 24.2 Å². The van der Waals surface area contributed by atoms with Gasteiger partial charge < -0.3 is 19.9 Å². The van der Waals surface area contributed by atoms with Gasteiger partial charge in [0.05, 0.1) is 18.8 Å². The molecule has 4 fully saturated rings. The zero-order valence-corrected chi connectivity index (χ0v) is 32.0. The van der Waals surface area contributed by atoms with Crippen LogP contribution in [0.4, 0.5) is 10.6 Å². The number of benzene rings is 1. The second-order valence-electron chi connectivity index (χ2n) is 16.1. The lowest BCUT2D eigenvalue weighted by atomic mass is 9.51. The molecule has 10 heteroatoms. The maximum Gasteiger partial charge on any atom is 0.407 e. The minimum atomic E-state index is -0.457. The Morgan fingerprint density at radius 1 is 1.02 bits per heavy atom. The maximum absolute atomic E-state index is 14.7. The lowest BCUT2D eigenvalue weighted by Crippen LogP contribution is -2.52. The maximum atomic E-state index is 14.7. The molecule has 4 saturated carbocycles. The standard InChI is InChI=1S/C42H59N5O5/c1-6-40(4,7-2)47-28-33(27-45-47)32-15-23-43-37(26-32)46(38(49)31-9-12-35(13-10-31)52-39(50)44-22-8-24-48)29-41-16-19-42(20-17-41,21-18-41)34-11-14-36(51-5)30(3)25-34/h11,14-15,23,25-28,31,35,48H,6-10,12-13,16-22,24,29H2,1-5H3,(H,44,50). The first kappa shape index (κ1) is 37.8. The Kier molecular flexibility index (Phi) is 11.6. The van der Waals surface area contributed by atoms with Crippen LogP contribution in [0, 0.1) is 18.3 Å². The van der Waals surface area contributed by atoms with E-state index in [1.165, 1.54) is 11.1 Å². The first-order valence-electron chi connectivity index (χ1n) is 19.6. The van der Waals surface area contributed by atoms with Gasteiger partial charge in [-0.25, -0.2) is 9.78 Å². The minimum Gasteiger partial charge on any atom is -0.496 e. The summed E-state index contributed by atoms with van der Waals surface area (Å²) in [6, 6.07) is 10.8. The van der Waals surface area contributed by atoms with Crippen LogP contribution in [-0.2, 0) is 20.5 Å². The van der Waals surface area contributed by atoms with Crippen LogP contribution in [0.25, 0.3) is 11.1 Å². The number of anilines is 1. The van der Waals surface area contributed by atoms with Crippen LogP contribution in [0.3, 0.4) is 0 Å². The number of rotatable bonds is 14. The predicted octanol–water partition coefficient (Wildman–Crippen LogP) is 8.09. The molecule has 2 N–H and O–H groups in total. The van der Waals surface area contributed by atoms with Crippen molar-refractivity contribution in [3.05, 3.63) is 60.0 Å². The first-order valence-corrected chi connectivity index (χ1v) is 19.6. The summed E-state index contributed by atoms with van der Waals surface area (Å²) in [5.41, 5.74) is 4.80. The number of carbonyl (C=O) groups excluding carboxylic acids is 2. The van der Waals surface area contributed by atoms with Crippen molar-refractivity contribution in [2.24, 2.45) is 11.3 Å². The van der Waals surface area contributed by atoms with E-state index in [-0.39, 0.29) is 40.9 Å². The number of aliphatic hydroxyl groups is 1. The summed E-state index contributed by atoms with van der Waals surface area (Å²) in [4.78, 5) is 33.9. The van der Waals surface area contributed by atoms with Gasteiger partial charge in [-0.1, -0.05) is 26.0 Å². The van der Waals surface area contributed by atoms with Crippen LogP contribution in [0.2, 0.25) is 0 Å². The van der Waals surface area contributed by atoms with Crippen molar-refractivity contribution in [3.63, 3.8) is 0 Å². The van der Waals surface area contributed by atoms with Crippen molar-refractivity contribution >= 4 is 17.8 Å². The van der Waals surface area contributed by atoms with Crippen LogP contribution < -0.4 is 15.0 Å². The largest absolute Gasteiger partial charge is 0.496 e.